The number of benzene rings is 1. The second-order valence-electron chi connectivity index (χ2n) is 4.41. The van der Waals surface area contributed by atoms with E-state index in [9.17, 15) is 9.18 Å². The first kappa shape index (κ1) is 15.4. The lowest BCUT2D eigenvalue weighted by atomic mass is 10.0. The Hall–Kier alpha value is -1.69. The molecule has 1 aromatic carbocycles. The standard InChI is InChI=1S/C13H17FN2O2S/c1-7(2)11(12(15)19)16-13(17)10-8(14)5-4-6-9(10)18-3/h4-7,11H,1-3H3,(H2,15,19)(H,16,17). The zero-order valence-electron chi connectivity index (χ0n) is 11.1. The molecule has 0 fully saturated rings. The van der Waals surface area contributed by atoms with Crippen LogP contribution in [0.3, 0.4) is 0 Å². The molecule has 0 aromatic heterocycles. The summed E-state index contributed by atoms with van der Waals surface area (Å²) in [4.78, 5) is 12.3. The zero-order chi connectivity index (χ0) is 14.6. The maximum atomic E-state index is 13.7. The van der Waals surface area contributed by atoms with Crippen molar-refractivity contribution in [3.63, 3.8) is 0 Å². The van der Waals surface area contributed by atoms with Gasteiger partial charge in [-0.2, -0.15) is 0 Å². The predicted octanol–water partition coefficient (Wildman–Crippen LogP) is 1.87. The summed E-state index contributed by atoms with van der Waals surface area (Å²) < 4.78 is 18.7. The molecule has 19 heavy (non-hydrogen) atoms. The van der Waals surface area contributed by atoms with Crippen LogP contribution in [-0.4, -0.2) is 24.0 Å². The van der Waals surface area contributed by atoms with Gasteiger partial charge in [-0.05, 0) is 18.1 Å². The van der Waals surface area contributed by atoms with Gasteiger partial charge in [0.2, 0.25) is 0 Å². The molecule has 6 heteroatoms. The lowest BCUT2D eigenvalue weighted by Crippen LogP contribution is -2.47. The molecule has 0 radical (unpaired) electrons. The summed E-state index contributed by atoms with van der Waals surface area (Å²) >= 11 is 4.89. The molecule has 1 atom stereocenters. The van der Waals surface area contributed by atoms with Gasteiger partial charge in [0.15, 0.2) is 0 Å². The molecule has 0 aliphatic carbocycles. The van der Waals surface area contributed by atoms with Crippen LogP contribution in [0.2, 0.25) is 0 Å². The van der Waals surface area contributed by atoms with Gasteiger partial charge >= 0.3 is 0 Å². The maximum absolute atomic E-state index is 13.7. The Kier molecular flexibility index (Phi) is 5.23. The summed E-state index contributed by atoms with van der Waals surface area (Å²) in [6.45, 7) is 3.73. The van der Waals surface area contributed by atoms with Crippen LogP contribution in [0.5, 0.6) is 5.75 Å². The second kappa shape index (κ2) is 6.47. The highest BCUT2D eigenvalue weighted by molar-refractivity contribution is 7.80. The summed E-state index contributed by atoms with van der Waals surface area (Å²) in [6, 6.07) is 3.69. The lowest BCUT2D eigenvalue weighted by molar-refractivity contribution is 0.0932. The molecule has 0 heterocycles. The number of hydrogen-bond donors (Lipinski definition) is 2. The molecular weight excluding hydrogens is 267 g/mol. The molecule has 3 N–H and O–H groups in total. The van der Waals surface area contributed by atoms with Crippen LogP contribution in [0.15, 0.2) is 18.2 Å². The average Bonchev–Trinajstić information content (AvgIpc) is 2.34. The minimum atomic E-state index is -0.651. The van der Waals surface area contributed by atoms with Gasteiger partial charge in [-0.3, -0.25) is 4.79 Å². The highest BCUT2D eigenvalue weighted by Gasteiger charge is 2.23. The first-order valence-corrected chi connectivity index (χ1v) is 6.22. The Labute approximate surface area is 117 Å². The second-order valence-corrected chi connectivity index (χ2v) is 4.89. The number of hydrogen-bond acceptors (Lipinski definition) is 3. The first-order chi connectivity index (χ1) is 8.88. The van der Waals surface area contributed by atoms with Gasteiger partial charge in [0.25, 0.3) is 5.91 Å². The van der Waals surface area contributed by atoms with Crippen LogP contribution in [-0.2, 0) is 0 Å². The number of ether oxygens (including phenoxy) is 1. The van der Waals surface area contributed by atoms with Crippen LogP contribution in [0.1, 0.15) is 24.2 Å². The summed E-state index contributed by atoms with van der Waals surface area (Å²) in [6.07, 6.45) is 0. The van der Waals surface area contributed by atoms with E-state index >= 15 is 0 Å². The molecule has 1 rings (SSSR count). The smallest absolute Gasteiger partial charge is 0.258 e. The fraction of sp³-hybridized carbons (Fsp3) is 0.385. The molecule has 4 nitrogen and oxygen atoms in total. The molecule has 0 saturated heterocycles. The number of amides is 1. The molecular formula is C13H17FN2O2S. The molecule has 1 amide bonds. The maximum Gasteiger partial charge on any atom is 0.258 e. The van der Waals surface area contributed by atoms with Gasteiger partial charge in [-0.15, -0.1) is 0 Å². The molecule has 0 saturated carbocycles. The van der Waals surface area contributed by atoms with E-state index in [1.165, 1.54) is 25.3 Å². The highest BCUT2D eigenvalue weighted by Crippen LogP contribution is 2.21. The van der Waals surface area contributed by atoms with Gasteiger partial charge < -0.3 is 15.8 Å². The number of nitrogens with one attached hydrogen (secondary N) is 1. The van der Waals surface area contributed by atoms with Gasteiger partial charge in [-0.25, -0.2) is 4.39 Å². The highest BCUT2D eigenvalue weighted by atomic mass is 32.1. The first-order valence-electron chi connectivity index (χ1n) is 5.81. The number of carbonyl (C=O) groups is 1. The Balaban J connectivity index is 3.04. The van der Waals surface area contributed by atoms with E-state index in [1.807, 2.05) is 13.8 Å². The van der Waals surface area contributed by atoms with E-state index in [2.05, 4.69) is 5.32 Å². The van der Waals surface area contributed by atoms with Gasteiger partial charge in [-0.1, -0.05) is 32.1 Å². The van der Waals surface area contributed by atoms with E-state index in [-0.39, 0.29) is 22.2 Å². The van der Waals surface area contributed by atoms with Crippen LogP contribution >= 0.6 is 12.2 Å². The van der Waals surface area contributed by atoms with Crippen molar-refractivity contribution in [1.82, 2.24) is 5.32 Å². The van der Waals surface area contributed by atoms with Crippen molar-refractivity contribution >= 4 is 23.1 Å². The summed E-state index contributed by atoms with van der Waals surface area (Å²) in [5.74, 6) is -1.06. The monoisotopic (exact) mass is 284 g/mol. The number of rotatable bonds is 5. The topological polar surface area (TPSA) is 64.3 Å². The van der Waals surface area contributed by atoms with E-state index in [1.54, 1.807) is 0 Å². The summed E-state index contributed by atoms with van der Waals surface area (Å²) in [7, 11) is 1.37. The Morgan fingerprint density at radius 3 is 2.58 bits per heavy atom. The van der Waals surface area contributed by atoms with E-state index in [0.717, 1.165) is 0 Å². The number of carbonyl (C=O) groups excluding carboxylic acids is 1. The third-order valence-electron chi connectivity index (χ3n) is 2.68. The Bertz CT molecular complexity index is 492. The summed E-state index contributed by atoms with van der Waals surface area (Å²) in [5, 5.41) is 2.62. The van der Waals surface area contributed by atoms with Crippen molar-refractivity contribution in [3.05, 3.63) is 29.6 Å². The predicted molar refractivity (Wildman–Crippen MR) is 75.8 cm³/mol. The Morgan fingerprint density at radius 1 is 1.47 bits per heavy atom. The van der Waals surface area contributed by atoms with E-state index in [0.29, 0.717) is 0 Å². The molecule has 0 aliphatic rings. The average molecular weight is 284 g/mol. The fourth-order valence-electron chi connectivity index (χ4n) is 1.67. The fourth-order valence-corrected chi connectivity index (χ4v) is 2.01. The minimum Gasteiger partial charge on any atom is -0.496 e. The lowest BCUT2D eigenvalue weighted by Gasteiger charge is -2.21. The third-order valence-corrected chi connectivity index (χ3v) is 2.94. The quantitative estimate of drug-likeness (QED) is 0.810. The molecule has 104 valence electrons. The van der Waals surface area contributed by atoms with Crippen molar-refractivity contribution in [2.24, 2.45) is 11.7 Å². The molecule has 1 aromatic rings. The SMILES string of the molecule is COc1cccc(F)c1C(=O)NC(C(N)=S)C(C)C. The van der Waals surface area contributed by atoms with E-state index < -0.39 is 17.8 Å². The van der Waals surface area contributed by atoms with E-state index in [4.69, 9.17) is 22.7 Å². The minimum absolute atomic E-state index is 0.0132. The van der Waals surface area contributed by atoms with Crippen molar-refractivity contribution in [2.45, 2.75) is 19.9 Å². The van der Waals surface area contributed by atoms with Crippen molar-refractivity contribution in [1.29, 1.82) is 0 Å². The zero-order valence-corrected chi connectivity index (χ0v) is 11.9. The summed E-state index contributed by atoms with van der Waals surface area (Å²) in [5.41, 5.74) is 5.42. The number of halogens is 1. The molecule has 0 spiro atoms. The number of nitrogens with two attached hydrogens (primary N) is 1. The molecule has 0 aliphatic heterocycles. The largest absolute Gasteiger partial charge is 0.496 e. The van der Waals surface area contributed by atoms with Crippen LogP contribution in [0.4, 0.5) is 4.39 Å². The van der Waals surface area contributed by atoms with Crippen LogP contribution in [0.25, 0.3) is 0 Å². The van der Waals surface area contributed by atoms with Crippen LogP contribution < -0.4 is 15.8 Å². The molecule has 1 unspecified atom stereocenters. The Morgan fingerprint density at radius 2 is 2.11 bits per heavy atom. The number of methoxy groups -OCH3 is 1. The van der Waals surface area contributed by atoms with Gasteiger partial charge in [0, 0.05) is 0 Å². The van der Waals surface area contributed by atoms with Gasteiger partial charge in [0.1, 0.15) is 17.1 Å². The van der Waals surface area contributed by atoms with Crippen molar-refractivity contribution < 1.29 is 13.9 Å². The third kappa shape index (κ3) is 3.64. The molecule has 0 bridgehead atoms. The normalized spacial score (nSPS) is 12.1. The van der Waals surface area contributed by atoms with Gasteiger partial charge in [0.05, 0.1) is 18.1 Å². The van der Waals surface area contributed by atoms with Crippen molar-refractivity contribution in [3.8, 4) is 5.75 Å². The van der Waals surface area contributed by atoms with Crippen LogP contribution in [0, 0.1) is 11.7 Å². The number of thiocarbonyl (C=S) groups is 1. The van der Waals surface area contributed by atoms with Crippen molar-refractivity contribution in [2.75, 3.05) is 7.11 Å².